The topological polar surface area (TPSA) is 69.7 Å². The van der Waals surface area contributed by atoms with Gasteiger partial charge in [0.1, 0.15) is 9.84 Å². The van der Waals surface area contributed by atoms with Gasteiger partial charge in [0.25, 0.3) is 0 Å². The second kappa shape index (κ2) is 7.68. The molecule has 0 atom stereocenters. The Morgan fingerprint density at radius 3 is 2.48 bits per heavy atom. The zero-order chi connectivity index (χ0) is 16.9. The summed E-state index contributed by atoms with van der Waals surface area (Å²) in [5.41, 5.74) is 2.41. The summed E-state index contributed by atoms with van der Waals surface area (Å²) in [7, 11) is -3.05. The Morgan fingerprint density at radius 1 is 1.13 bits per heavy atom. The van der Waals surface area contributed by atoms with E-state index in [4.69, 9.17) is 0 Å². The van der Waals surface area contributed by atoms with Gasteiger partial charge in [0.15, 0.2) is 0 Å². The maximum absolute atomic E-state index is 12.1. The number of hydrogen-bond acceptors (Lipinski definition) is 4. The summed E-state index contributed by atoms with van der Waals surface area (Å²) in [6.45, 7) is 5.25. The number of nitrogens with zero attached hydrogens (tertiary/aromatic N) is 2. The molecule has 23 heavy (non-hydrogen) atoms. The number of rotatable bonds is 4. The molecule has 0 unspecified atom stereocenters. The summed E-state index contributed by atoms with van der Waals surface area (Å²) in [5.74, 6) is -0.0257. The van der Waals surface area contributed by atoms with E-state index >= 15 is 0 Å². The van der Waals surface area contributed by atoms with Crippen molar-refractivity contribution in [2.24, 2.45) is 0 Å². The van der Waals surface area contributed by atoms with Crippen molar-refractivity contribution < 1.29 is 13.2 Å². The lowest BCUT2D eigenvalue weighted by molar-refractivity contribution is 0.202. The number of hydrogen-bond donors (Lipinski definition) is 1. The minimum Gasteiger partial charge on any atom is -0.370 e. The molecule has 0 radical (unpaired) electrons. The summed E-state index contributed by atoms with van der Waals surface area (Å²) in [5, 5.41) is 2.69. The molecule has 1 saturated heterocycles. The molecule has 2 rings (SSSR count). The van der Waals surface area contributed by atoms with Crippen LogP contribution in [-0.2, 0) is 9.84 Å². The van der Waals surface area contributed by atoms with E-state index < -0.39 is 9.84 Å². The number of carbonyl (C=O) groups is 1. The van der Waals surface area contributed by atoms with Crippen LogP contribution in [0.5, 0.6) is 0 Å². The molecule has 1 aliphatic heterocycles. The number of carbonyl (C=O) groups excluding carboxylic acids is 1. The van der Waals surface area contributed by atoms with Gasteiger partial charge in [0, 0.05) is 44.7 Å². The molecular weight excluding hydrogens is 314 g/mol. The fraction of sp³-hybridized carbons (Fsp3) is 0.562. The van der Waals surface area contributed by atoms with Crippen molar-refractivity contribution in [2.75, 3.05) is 49.6 Å². The van der Waals surface area contributed by atoms with Crippen LogP contribution >= 0.6 is 0 Å². The zero-order valence-corrected chi connectivity index (χ0v) is 14.6. The van der Waals surface area contributed by atoms with Crippen molar-refractivity contribution in [1.82, 2.24) is 10.2 Å². The van der Waals surface area contributed by atoms with Gasteiger partial charge < -0.3 is 15.1 Å². The molecule has 6 nitrogen and oxygen atoms in total. The Labute approximate surface area is 138 Å². The Kier molecular flexibility index (Phi) is 5.87. The molecule has 0 bridgehead atoms. The van der Waals surface area contributed by atoms with Crippen LogP contribution in [0, 0.1) is 6.92 Å². The summed E-state index contributed by atoms with van der Waals surface area (Å²) in [6, 6.07) is 8.22. The predicted octanol–water partition coefficient (Wildman–Crippen LogP) is 1.26. The lowest BCUT2D eigenvalue weighted by Crippen LogP contribution is -2.43. The van der Waals surface area contributed by atoms with E-state index in [0.29, 0.717) is 13.1 Å². The molecule has 0 aromatic heterocycles. The highest BCUT2D eigenvalue weighted by Crippen LogP contribution is 2.17. The largest absolute Gasteiger partial charge is 0.370 e. The monoisotopic (exact) mass is 339 g/mol. The van der Waals surface area contributed by atoms with Gasteiger partial charge in [-0.2, -0.15) is 0 Å². The van der Waals surface area contributed by atoms with E-state index in [0.717, 1.165) is 19.5 Å². The van der Waals surface area contributed by atoms with Crippen LogP contribution in [-0.4, -0.2) is 64.1 Å². The van der Waals surface area contributed by atoms with Gasteiger partial charge in [-0.3, -0.25) is 0 Å². The minimum atomic E-state index is -3.05. The first-order chi connectivity index (χ1) is 10.8. The number of anilines is 1. The van der Waals surface area contributed by atoms with Gasteiger partial charge in [-0.1, -0.05) is 17.7 Å². The number of amides is 2. The summed E-state index contributed by atoms with van der Waals surface area (Å²) in [4.78, 5) is 16.2. The molecule has 0 saturated carbocycles. The third-order valence-corrected chi connectivity index (χ3v) is 4.88. The second-order valence-electron chi connectivity index (χ2n) is 6.03. The first kappa shape index (κ1) is 17.6. The van der Waals surface area contributed by atoms with Crippen molar-refractivity contribution in [1.29, 1.82) is 0 Å². The molecule has 1 heterocycles. The molecule has 1 fully saturated rings. The number of sulfone groups is 1. The quantitative estimate of drug-likeness (QED) is 0.897. The number of benzene rings is 1. The van der Waals surface area contributed by atoms with Crippen molar-refractivity contribution in [3.63, 3.8) is 0 Å². The standard InChI is InChI=1S/C16H25N3O3S/c1-14-4-6-15(7-5-14)18-9-3-10-19(12-11-18)16(20)17-8-13-23(2,21)22/h4-7H,3,8-13H2,1-2H3,(H,17,20). The van der Waals surface area contributed by atoms with Gasteiger partial charge in [-0.25, -0.2) is 13.2 Å². The SMILES string of the molecule is Cc1ccc(N2CCCN(C(=O)NCCS(C)(=O)=O)CC2)cc1. The Bertz CT molecular complexity index is 628. The van der Waals surface area contributed by atoms with Crippen LogP contribution in [0.4, 0.5) is 10.5 Å². The number of aryl methyl sites for hydroxylation is 1. The van der Waals surface area contributed by atoms with Gasteiger partial charge in [0.05, 0.1) is 5.75 Å². The molecule has 1 aromatic carbocycles. The van der Waals surface area contributed by atoms with E-state index in [2.05, 4.69) is 41.4 Å². The Balaban J connectivity index is 1.85. The second-order valence-corrected chi connectivity index (χ2v) is 8.28. The molecule has 2 amide bonds. The van der Waals surface area contributed by atoms with Gasteiger partial charge >= 0.3 is 6.03 Å². The van der Waals surface area contributed by atoms with Crippen LogP contribution in [0.3, 0.4) is 0 Å². The smallest absolute Gasteiger partial charge is 0.317 e. The molecule has 1 N–H and O–H groups in total. The highest BCUT2D eigenvalue weighted by atomic mass is 32.2. The normalized spacial score (nSPS) is 16.1. The molecule has 1 aromatic rings. The fourth-order valence-corrected chi connectivity index (χ4v) is 3.06. The van der Waals surface area contributed by atoms with Crippen molar-refractivity contribution >= 4 is 21.6 Å². The van der Waals surface area contributed by atoms with Crippen molar-refractivity contribution in [3.05, 3.63) is 29.8 Å². The highest BCUT2D eigenvalue weighted by molar-refractivity contribution is 7.90. The lowest BCUT2D eigenvalue weighted by atomic mass is 10.2. The first-order valence-electron chi connectivity index (χ1n) is 7.87. The predicted molar refractivity (Wildman–Crippen MR) is 92.7 cm³/mol. The van der Waals surface area contributed by atoms with E-state index in [1.807, 2.05) is 0 Å². The summed E-state index contributed by atoms with van der Waals surface area (Å²) in [6.07, 6.45) is 2.07. The maximum atomic E-state index is 12.1. The molecule has 0 aliphatic carbocycles. The maximum Gasteiger partial charge on any atom is 0.317 e. The van der Waals surface area contributed by atoms with Crippen LogP contribution in [0.25, 0.3) is 0 Å². The average Bonchev–Trinajstić information content (AvgIpc) is 2.72. The average molecular weight is 339 g/mol. The molecule has 128 valence electrons. The third-order valence-electron chi connectivity index (χ3n) is 3.93. The van der Waals surface area contributed by atoms with Crippen molar-refractivity contribution in [3.8, 4) is 0 Å². The molecule has 1 aliphatic rings. The van der Waals surface area contributed by atoms with Gasteiger partial charge in [0.2, 0.25) is 0 Å². The Hall–Kier alpha value is -1.76. The van der Waals surface area contributed by atoms with E-state index in [1.165, 1.54) is 17.5 Å². The molecular formula is C16H25N3O3S. The van der Waals surface area contributed by atoms with Crippen molar-refractivity contribution in [2.45, 2.75) is 13.3 Å². The number of urea groups is 1. The van der Waals surface area contributed by atoms with E-state index in [1.54, 1.807) is 4.90 Å². The van der Waals surface area contributed by atoms with Crippen LogP contribution in [0.2, 0.25) is 0 Å². The third kappa shape index (κ3) is 5.74. The summed E-state index contributed by atoms with van der Waals surface area (Å²) < 4.78 is 22.2. The highest BCUT2D eigenvalue weighted by Gasteiger charge is 2.19. The molecule has 0 spiro atoms. The zero-order valence-electron chi connectivity index (χ0n) is 13.8. The number of nitrogens with one attached hydrogen (secondary N) is 1. The lowest BCUT2D eigenvalue weighted by Gasteiger charge is -2.24. The van der Waals surface area contributed by atoms with E-state index in [9.17, 15) is 13.2 Å². The van der Waals surface area contributed by atoms with Crippen LogP contribution in [0.1, 0.15) is 12.0 Å². The first-order valence-corrected chi connectivity index (χ1v) is 9.93. The van der Waals surface area contributed by atoms with E-state index in [-0.39, 0.29) is 18.3 Å². The fourth-order valence-electron chi connectivity index (χ4n) is 2.59. The molecule has 7 heteroatoms. The van der Waals surface area contributed by atoms with Gasteiger partial charge in [-0.05, 0) is 25.5 Å². The summed E-state index contributed by atoms with van der Waals surface area (Å²) >= 11 is 0. The minimum absolute atomic E-state index is 0.0257. The van der Waals surface area contributed by atoms with Crippen LogP contribution in [0.15, 0.2) is 24.3 Å². The Morgan fingerprint density at radius 2 is 1.83 bits per heavy atom. The van der Waals surface area contributed by atoms with Crippen LogP contribution < -0.4 is 10.2 Å². The van der Waals surface area contributed by atoms with Gasteiger partial charge in [-0.15, -0.1) is 0 Å².